The number of rotatable bonds is 4. The van der Waals surface area contributed by atoms with E-state index in [0.29, 0.717) is 22.4 Å². The molecule has 2 fully saturated rings. The predicted octanol–water partition coefficient (Wildman–Crippen LogP) is 3.38. The first kappa shape index (κ1) is 23.2. The van der Waals surface area contributed by atoms with Gasteiger partial charge in [-0.25, -0.2) is 0 Å². The van der Waals surface area contributed by atoms with E-state index in [4.69, 9.17) is 21.4 Å². The Bertz CT molecular complexity index is 1380. The van der Waals surface area contributed by atoms with Gasteiger partial charge in [0.1, 0.15) is 20.6 Å². The summed E-state index contributed by atoms with van der Waals surface area (Å²) in [5.41, 5.74) is 1.15. The summed E-state index contributed by atoms with van der Waals surface area (Å²) in [6.07, 6.45) is 5.01. The lowest BCUT2D eigenvalue weighted by molar-refractivity contribution is -0.139. The van der Waals surface area contributed by atoms with Gasteiger partial charge in [0.15, 0.2) is 5.54 Å². The first-order chi connectivity index (χ1) is 17.4. The summed E-state index contributed by atoms with van der Waals surface area (Å²) in [7, 11) is 5.26. The fourth-order valence-electron chi connectivity index (χ4n) is 6.09. The smallest absolute Gasteiger partial charge is 0.254 e. The van der Waals surface area contributed by atoms with Crippen molar-refractivity contribution in [2.75, 3.05) is 32.6 Å². The number of likely N-dealkylation sites (tertiary alicyclic amines) is 1. The third kappa shape index (κ3) is 2.80. The molecule has 0 bridgehead atoms. The number of fused-ring (bicyclic) bond motifs is 3. The van der Waals surface area contributed by atoms with Crippen LogP contribution < -0.4 is 9.64 Å². The van der Waals surface area contributed by atoms with E-state index in [-0.39, 0.29) is 24.3 Å². The third-order valence-corrected chi connectivity index (χ3v) is 9.60. The standard InChI is InChI=1S/C26H24N4O4S2/c1-28-15-20(16-8-10-27-11-9-16)26(23(32)30(24(35)36-26)14-18-5-4-12-34-18)25(28)19-13-17(33-3)6-7-21(19)29(2)22(25)31/h4-13,20H,14-15H2,1-3H3/t20-,25-,26+/m1/s1. The van der Waals surface area contributed by atoms with Gasteiger partial charge in [-0.05, 0) is 55.1 Å². The van der Waals surface area contributed by atoms with Crippen molar-refractivity contribution in [2.24, 2.45) is 0 Å². The number of anilines is 1. The van der Waals surface area contributed by atoms with Crippen LogP contribution in [-0.2, 0) is 21.7 Å². The summed E-state index contributed by atoms with van der Waals surface area (Å²) in [6, 6.07) is 13.0. The van der Waals surface area contributed by atoms with Crippen LogP contribution in [0.3, 0.4) is 0 Å². The van der Waals surface area contributed by atoms with E-state index < -0.39 is 10.3 Å². The molecule has 0 unspecified atom stereocenters. The van der Waals surface area contributed by atoms with Gasteiger partial charge in [0.2, 0.25) is 5.91 Å². The number of thioether (sulfide) groups is 1. The van der Waals surface area contributed by atoms with E-state index in [2.05, 4.69) is 4.98 Å². The summed E-state index contributed by atoms with van der Waals surface area (Å²) in [6.45, 7) is 0.688. The highest BCUT2D eigenvalue weighted by atomic mass is 32.2. The van der Waals surface area contributed by atoms with Crippen LogP contribution in [0.4, 0.5) is 5.69 Å². The molecule has 2 spiro atoms. The van der Waals surface area contributed by atoms with Crippen molar-refractivity contribution in [3.63, 3.8) is 0 Å². The van der Waals surface area contributed by atoms with E-state index >= 15 is 0 Å². The number of hydrogen-bond acceptors (Lipinski definition) is 8. The van der Waals surface area contributed by atoms with Crippen molar-refractivity contribution in [3.05, 3.63) is 78.0 Å². The number of benzene rings is 1. The minimum Gasteiger partial charge on any atom is -0.497 e. The van der Waals surface area contributed by atoms with Crippen LogP contribution in [-0.4, -0.2) is 63.4 Å². The molecule has 6 rings (SSSR count). The largest absolute Gasteiger partial charge is 0.497 e. The number of hydrogen-bond donors (Lipinski definition) is 0. The number of amides is 2. The van der Waals surface area contributed by atoms with Crippen LogP contribution in [0, 0.1) is 0 Å². The van der Waals surface area contributed by atoms with Crippen LogP contribution in [0.5, 0.6) is 5.75 Å². The number of carbonyl (C=O) groups excluding carboxylic acids is 2. The maximum Gasteiger partial charge on any atom is 0.254 e. The van der Waals surface area contributed by atoms with Crippen LogP contribution in [0.1, 0.15) is 22.8 Å². The zero-order chi connectivity index (χ0) is 25.2. The Morgan fingerprint density at radius 2 is 1.94 bits per heavy atom. The lowest BCUT2D eigenvalue weighted by atomic mass is 9.72. The molecule has 5 heterocycles. The molecule has 3 aliphatic rings. The number of pyridine rings is 1. The SMILES string of the molecule is COc1ccc2c(c1)[C@]1(C(=O)N2C)N(C)C[C@H](c2ccncc2)[C@@]12SC(=S)N(Cc1ccco1)C2=O. The molecule has 2 amide bonds. The van der Waals surface area contributed by atoms with Crippen molar-refractivity contribution in [2.45, 2.75) is 22.7 Å². The number of thiocarbonyl (C=S) groups is 1. The molecule has 10 heteroatoms. The molecule has 184 valence electrons. The molecule has 8 nitrogen and oxygen atoms in total. The summed E-state index contributed by atoms with van der Waals surface area (Å²) in [5.74, 6) is 0.571. The van der Waals surface area contributed by atoms with Crippen LogP contribution in [0.15, 0.2) is 65.5 Å². The van der Waals surface area contributed by atoms with Crippen molar-refractivity contribution in [3.8, 4) is 5.75 Å². The Labute approximate surface area is 218 Å². The van der Waals surface area contributed by atoms with E-state index in [1.165, 1.54) is 11.8 Å². The molecule has 2 saturated heterocycles. The average molecular weight is 521 g/mol. The Morgan fingerprint density at radius 1 is 1.17 bits per heavy atom. The lowest BCUT2D eigenvalue weighted by Crippen LogP contribution is -2.62. The van der Waals surface area contributed by atoms with Crippen LogP contribution in [0.2, 0.25) is 0 Å². The predicted molar refractivity (Wildman–Crippen MR) is 140 cm³/mol. The van der Waals surface area contributed by atoms with Gasteiger partial charge in [-0.2, -0.15) is 0 Å². The van der Waals surface area contributed by atoms with Gasteiger partial charge >= 0.3 is 0 Å². The maximum absolute atomic E-state index is 14.7. The second kappa shape index (κ2) is 8.16. The number of methoxy groups -OCH3 is 1. The van der Waals surface area contributed by atoms with E-state index in [1.54, 1.807) is 48.7 Å². The fourth-order valence-corrected chi connectivity index (χ4v) is 8.22. The highest BCUT2D eigenvalue weighted by Gasteiger charge is 2.78. The molecule has 1 aromatic carbocycles. The summed E-state index contributed by atoms with van der Waals surface area (Å²) in [5, 5.41) is 0. The van der Waals surface area contributed by atoms with Gasteiger partial charge in [-0.15, -0.1) is 0 Å². The quantitative estimate of drug-likeness (QED) is 0.485. The summed E-state index contributed by atoms with van der Waals surface area (Å²) < 4.78 is 10.3. The number of ether oxygens (including phenoxy) is 1. The first-order valence-corrected chi connectivity index (χ1v) is 12.7. The topological polar surface area (TPSA) is 79.1 Å². The molecule has 3 aromatic rings. The van der Waals surface area contributed by atoms with Crippen molar-refractivity contribution >= 4 is 45.8 Å². The van der Waals surface area contributed by atoms with Gasteiger partial charge < -0.3 is 14.1 Å². The molecule has 36 heavy (non-hydrogen) atoms. The Morgan fingerprint density at radius 3 is 2.64 bits per heavy atom. The monoisotopic (exact) mass is 520 g/mol. The molecule has 3 aliphatic heterocycles. The van der Waals surface area contributed by atoms with E-state index in [0.717, 1.165) is 16.8 Å². The molecule has 2 aromatic heterocycles. The number of furan rings is 1. The average Bonchev–Trinajstić information content (AvgIpc) is 3.61. The molecule has 0 saturated carbocycles. The normalized spacial score (nSPS) is 27.6. The van der Waals surface area contributed by atoms with Crippen LogP contribution >= 0.6 is 24.0 Å². The zero-order valence-corrected chi connectivity index (χ0v) is 21.6. The van der Waals surface area contributed by atoms with Crippen LogP contribution in [0.25, 0.3) is 0 Å². The van der Waals surface area contributed by atoms with Gasteiger partial charge in [0.05, 0.1) is 19.9 Å². The number of nitrogens with zero attached hydrogens (tertiary/aromatic N) is 4. The molecule has 3 atom stereocenters. The minimum absolute atomic E-state index is 0.159. The Kier molecular flexibility index (Phi) is 5.26. The van der Waals surface area contributed by atoms with Gasteiger partial charge in [0, 0.05) is 43.2 Å². The zero-order valence-electron chi connectivity index (χ0n) is 20.0. The van der Waals surface area contributed by atoms with Crippen molar-refractivity contribution in [1.29, 1.82) is 0 Å². The Balaban J connectivity index is 1.62. The molecule has 0 radical (unpaired) electrons. The van der Waals surface area contributed by atoms with Crippen molar-refractivity contribution < 1.29 is 18.7 Å². The highest BCUT2D eigenvalue weighted by Crippen LogP contribution is 2.66. The highest BCUT2D eigenvalue weighted by molar-refractivity contribution is 8.25. The van der Waals surface area contributed by atoms with E-state index in [9.17, 15) is 9.59 Å². The number of aromatic nitrogens is 1. The van der Waals surface area contributed by atoms with Gasteiger partial charge in [0.25, 0.3) is 5.91 Å². The fraction of sp³-hybridized carbons (Fsp3) is 0.308. The molecular weight excluding hydrogens is 496 g/mol. The third-order valence-electron chi connectivity index (χ3n) is 7.66. The van der Waals surface area contributed by atoms with Gasteiger partial charge in [-0.3, -0.25) is 24.4 Å². The van der Waals surface area contributed by atoms with Gasteiger partial charge in [-0.1, -0.05) is 24.0 Å². The number of carbonyl (C=O) groups is 2. The summed E-state index contributed by atoms with van der Waals surface area (Å²) >= 11 is 7.14. The molecule has 0 N–H and O–H groups in total. The first-order valence-electron chi connectivity index (χ1n) is 11.5. The molecule has 0 aliphatic carbocycles. The Hall–Kier alpha value is -3.21. The van der Waals surface area contributed by atoms with Crippen molar-refractivity contribution in [1.82, 2.24) is 14.8 Å². The van der Waals surface area contributed by atoms with E-state index in [1.807, 2.05) is 48.3 Å². The number of likely N-dealkylation sites (N-methyl/N-ethyl adjacent to an activating group) is 2. The molecular formula is C26H24N4O4S2. The summed E-state index contributed by atoms with van der Waals surface area (Å²) in [4.78, 5) is 38.5. The lowest BCUT2D eigenvalue weighted by Gasteiger charge is -2.42. The minimum atomic E-state index is -1.29. The maximum atomic E-state index is 14.7. The second-order valence-electron chi connectivity index (χ2n) is 9.25. The second-order valence-corrected chi connectivity index (χ2v) is 11.1.